The van der Waals surface area contributed by atoms with Gasteiger partial charge >= 0.3 is 0 Å². The summed E-state index contributed by atoms with van der Waals surface area (Å²) in [6.45, 7) is 0. The molecular formula is C15H9BrClN3O2S. The van der Waals surface area contributed by atoms with Crippen LogP contribution < -0.4 is 10.9 Å². The van der Waals surface area contributed by atoms with Crippen molar-refractivity contribution < 1.29 is 4.79 Å². The second-order valence-electron chi connectivity index (χ2n) is 4.52. The van der Waals surface area contributed by atoms with E-state index in [-0.39, 0.29) is 11.2 Å². The second-order valence-corrected chi connectivity index (χ2v) is 6.88. The van der Waals surface area contributed by atoms with Crippen molar-refractivity contribution in [2.24, 2.45) is 0 Å². The Morgan fingerprint density at radius 2 is 2.13 bits per heavy atom. The molecule has 0 aliphatic carbocycles. The highest BCUT2D eigenvalue weighted by Gasteiger charge is 2.14. The summed E-state index contributed by atoms with van der Waals surface area (Å²) in [5.74, 6) is -0.399. The molecule has 2 aromatic heterocycles. The van der Waals surface area contributed by atoms with Crippen molar-refractivity contribution in [2.75, 3.05) is 5.32 Å². The molecule has 0 fully saturated rings. The largest absolute Gasteiger partial charge is 0.326 e. The molecule has 0 bridgehead atoms. The van der Waals surface area contributed by atoms with Gasteiger partial charge in [0.25, 0.3) is 11.5 Å². The number of anilines is 1. The van der Waals surface area contributed by atoms with Gasteiger partial charge in [-0.15, -0.1) is 11.3 Å². The monoisotopic (exact) mass is 409 g/mol. The Morgan fingerprint density at radius 1 is 1.35 bits per heavy atom. The van der Waals surface area contributed by atoms with Crippen molar-refractivity contribution in [1.82, 2.24) is 9.97 Å². The Labute approximate surface area is 148 Å². The molecule has 0 spiro atoms. The molecule has 2 N–H and O–H groups in total. The number of H-pyrrole nitrogens is 1. The van der Waals surface area contributed by atoms with E-state index in [1.807, 2.05) is 18.2 Å². The maximum Gasteiger partial charge on any atom is 0.271 e. The van der Waals surface area contributed by atoms with E-state index in [1.54, 1.807) is 6.07 Å². The van der Waals surface area contributed by atoms with Gasteiger partial charge in [-0.25, -0.2) is 4.98 Å². The minimum atomic E-state index is -0.399. The van der Waals surface area contributed by atoms with Gasteiger partial charge < -0.3 is 10.3 Å². The van der Waals surface area contributed by atoms with Crippen LogP contribution in [0.4, 0.5) is 5.69 Å². The van der Waals surface area contributed by atoms with Crippen LogP contribution in [0.25, 0.3) is 10.6 Å². The quantitative estimate of drug-likeness (QED) is 0.680. The van der Waals surface area contributed by atoms with Crippen LogP contribution in [0.5, 0.6) is 0 Å². The number of rotatable bonds is 3. The fourth-order valence-electron chi connectivity index (χ4n) is 1.87. The van der Waals surface area contributed by atoms with Gasteiger partial charge in [-0.2, -0.15) is 0 Å². The first-order chi connectivity index (χ1) is 11.0. The molecule has 3 rings (SSSR count). The topological polar surface area (TPSA) is 74.8 Å². The Bertz CT molecular complexity index is 938. The highest BCUT2D eigenvalue weighted by atomic mass is 79.9. The van der Waals surface area contributed by atoms with Crippen LogP contribution in [0, 0.1) is 0 Å². The maximum atomic E-state index is 12.3. The molecule has 1 amide bonds. The standard InChI is InChI=1S/C15H9BrClN3O2S/c16-8-5-11(13(21)18-6-8)20-14(22)12-7-19-15(23-12)9-3-1-2-4-10(9)17/h1-7H,(H,18,21)(H,20,22). The number of hydrogen-bond donors (Lipinski definition) is 2. The highest BCUT2D eigenvalue weighted by molar-refractivity contribution is 9.10. The lowest BCUT2D eigenvalue weighted by atomic mass is 10.2. The summed E-state index contributed by atoms with van der Waals surface area (Å²) in [4.78, 5) is 31.1. The zero-order valence-corrected chi connectivity index (χ0v) is 14.6. The minimum absolute atomic E-state index is 0.164. The highest BCUT2D eigenvalue weighted by Crippen LogP contribution is 2.31. The Kier molecular flexibility index (Phi) is 4.61. The van der Waals surface area contributed by atoms with Crippen LogP contribution in [0.3, 0.4) is 0 Å². The van der Waals surface area contributed by atoms with Gasteiger partial charge in [0.15, 0.2) is 0 Å². The maximum absolute atomic E-state index is 12.3. The van der Waals surface area contributed by atoms with Crippen LogP contribution in [0.1, 0.15) is 9.67 Å². The lowest BCUT2D eigenvalue weighted by molar-refractivity contribution is 0.103. The number of halogens is 2. The third-order valence-corrected chi connectivity index (χ3v) is 4.77. The van der Waals surface area contributed by atoms with E-state index in [9.17, 15) is 9.59 Å². The van der Waals surface area contributed by atoms with Crippen molar-refractivity contribution in [3.8, 4) is 10.6 Å². The molecule has 0 atom stereocenters. The van der Waals surface area contributed by atoms with Gasteiger partial charge in [-0.3, -0.25) is 9.59 Å². The number of amides is 1. The number of carbonyl (C=O) groups is 1. The minimum Gasteiger partial charge on any atom is -0.326 e. The molecule has 0 unspecified atom stereocenters. The molecule has 1 aromatic carbocycles. The fourth-order valence-corrected chi connectivity index (χ4v) is 3.35. The molecule has 0 aliphatic heterocycles. The number of nitrogens with zero attached hydrogens (tertiary/aromatic N) is 1. The van der Waals surface area contributed by atoms with E-state index in [0.717, 1.165) is 5.56 Å². The van der Waals surface area contributed by atoms with Crippen molar-refractivity contribution in [3.63, 3.8) is 0 Å². The first kappa shape index (κ1) is 15.9. The third kappa shape index (κ3) is 3.52. The molecular weight excluding hydrogens is 402 g/mol. The molecule has 5 nitrogen and oxygen atoms in total. The lowest BCUT2D eigenvalue weighted by Gasteiger charge is -2.02. The molecule has 0 saturated heterocycles. The molecule has 3 aromatic rings. The average Bonchev–Trinajstić information content (AvgIpc) is 3.01. The number of pyridine rings is 1. The lowest BCUT2D eigenvalue weighted by Crippen LogP contribution is -2.18. The molecule has 8 heteroatoms. The zero-order valence-electron chi connectivity index (χ0n) is 11.5. The predicted molar refractivity (Wildman–Crippen MR) is 95.3 cm³/mol. The third-order valence-electron chi connectivity index (χ3n) is 2.95. The smallest absolute Gasteiger partial charge is 0.271 e. The van der Waals surface area contributed by atoms with E-state index in [2.05, 4.69) is 31.2 Å². The zero-order chi connectivity index (χ0) is 16.4. The normalized spacial score (nSPS) is 10.5. The van der Waals surface area contributed by atoms with Crippen molar-refractivity contribution in [1.29, 1.82) is 0 Å². The van der Waals surface area contributed by atoms with Gasteiger partial charge in [-0.05, 0) is 28.1 Å². The van der Waals surface area contributed by atoms with Gasteiger partial charge in [0.1, 0.15) is 15.6 Å². The molecule has 116 valence electrons. The van der Waals surface area contributed by atoms with Gasteiger partial charge in [0, 0.05) is 16.2 Å². The first-order valence-corrected chi connectivity index (χ1v) is 8.43. The van der Waals surface area contributed by atoms with Crippen LogP contribution in [-0.4, -0.2) is 15.9 Å². The Hall–Kier alpha value is -1.96. The molecule has 0 radical (unpaired) electrons. The van der Waals surface area contributed by atoms with Crippen LogP contribution >= 0.6 is 38.9 Å². The Balaban J connectivity index is 1.86. The van der Waals surface area contributed by atoms with Crippen molar-refractivity contribution in [3.05, 3.63) is 67.5 Å². The summed E-state index contributed by atoms with van der Waals surface area (Å²) in [5, 5.41) is 3.78. The number of benzene rings is 1. The van der Waals surface area contributed by atoms with Gasteiger partial charge in [-0.1, -0.05) is 29.8 Å². The molecule has 23 heavy (non-hydrogen) atoms. The fraction of sp³-hybridized carbons (Fsp3) is 0. The van der Waals surface area contributed by atoms with E-state index < -0.39 is 5.91 Å². The van der Waals surface area contributed by atoms with E-state index in [4.69, 9.17) is 11.6 Å². The SMILES string of the molecule is O=C(Nc1cc(Br)c[nH]c1=O)c1cnc(-c2ccccc2Cl)s1. The summed E-state index contributed by atoms with van der Waals surface area (Å²) in [6, 6.07) is 8.81. The molecule has 0 saturated carbocycles. The number of nitrogens with one attached hydrogen (secondary N) is 2. The summed E-state index contributed by atoms with van der Waals surface area (Å²) in [7, 11) is 0. The molecule has 0 aliphatic rings. The van der Waals surface area contributed by atoms with Gasteiger partial charge in [0.05, 0.1) is 11.2 Å². The number of carbonyl (C=O) groups excluding carboxylic acids is 1. The number of thiazole rings is 1. The number of hydrogen-bond acceptors (Lipinski definition) is 4. The Morgan fingerprint density at radius 3 is 2.91 bits per heavy atom. The molecule has 2 heterocycles. The van der Waals surface area contributed by atoms with Crippen LogP contribution in [-0.2, 0) is 0 Å². The first-order valence-electron chi connectivity index (χ1n) is 6.45. The van der Waals surface area contributed by atoms with Crippen molar-refractivity contribution in [2.45, 2.75) is 0 Å². The summed E-state index contributed by atoms with van der Waals surface area (Å²) >= 11 is 10.6. The van der Waals surface area contributed by atoms with E-state index in [1.165, 1.54) is 29.8 Å². The van der Waals surface area contributed by atoms with E-state index >= 15 is 0 Å². The average molecular weight is 411 g/mol. The van der Waals surface area contributed by atoms with Crippen LogP contribution in [0.2, 0.25) is 5.02 Å². The van der Waals surface area contributed by atoms with Crippen molar-refractivity contribution >= 4 is 50.5 Å². The van der Waals surface area contributed by atoms with E-state index in [0.29, 0.717) is 19.4 Å². The predicted octanol–water partition coefficient (Wildman–Crippen LogP) is 4.17. The summed E-state index contributed by atoms with van der Waals surface area (Å²) in [6.07, 6.45) is 2.96. The number of aromatic amines is 1. The second kappa shape index (κ2) is 6.66. The summed E-state index contributed by atoms with van der Waals surface area (Å²) in [5.41, 5.74) is 0.549. The summed E-state index contributed by atoms with van der Waals surface area (Å²) < 4.78 is 0.661. The van der Waals surface area contributed by atoms with Gasteiger partial charge in [0.2, 0.25) is 0 Å². The number of aromatic nitrogens is 2. The van der Waals surface area contributed by atoms with Crippen LogP contribution in [0.15, 0.2) is 52.0 Å².